The Labute approximate surface area is 94.7 Å². The Kier molecular flexibility index (Phi) is 4.28. The minimum Gasteiger partial charge on any atom is -0.398 e. The molecule has 0 fully saturated rings. The molecule has 1 rings (SSSR count). The third kappa shape index (κ3) is 3.52. The fraction of sp³-hybridized carbons (Fsp3) is 0.364. The van der Waals surface area contributed by atoms with Gasteiger partial charge < -0.3 is 16.6 Å². The van der Waals surface area contributed by atoms with Gasteiger partial charge in [0.05, 0.1) is 12.6 Å². The molecule has 0 aliphatic carbocycles. The lowest BCUT2D eigenvalue weighted by atomic mass is 10.1. The summed E-state index contributed by atoms with van der Waals surface area (Å²) in [5.41, 5.74) is 12.0. The van der Waals surface area contributed by atoms with Crippen LogP contribution < -0.4 is 11.5 Å². The molecule has 0 aliphatic rings. The molecule has 0 bridgehead atoms. The van der Waals surface area contributed by atoms with Gasteiger partial charge in [-0.1, -0.05) is 18.2 Å². The summed E-state index contributed by atoms with van der Waals surface area (Å²) in [6, 6.07) is 7.10. The number of nitrogens with two attached hydrogens (primary N) is 2. The summed E-state index contributed by atoms with van der Waals surface area (Å²) >= 11 is 0. The van der Waals surface area contributed by atoms with E-state index in [4.69, 9.17) is 11.5 Å². The molecule has 0 saturated heterocycles. The molecule has 0 heterocycles. The number of primary amides is 1. The number of anilines is 1. The highest BCUT2D eigenvalue weighted by molar-refractivity contribution is 5.75. The van der Waals surface area contributed by atoms with Crippen LogP contribution in [0.4, 0.5) is 5.69 Å². The Bertz CT molecular complexity index is 368. The standard InChI is InChI=1S/C11H17N3O2/c1-14(7-11(13)16)6-10(15)8-4-2-3-5-9(8)12/h2-5,10,15H,6-7,12H2,1H3,(H2,13,16). The van der Waals surface area contributed by atoms with Crippen LogP contribution in [0.5, 0.6) is 0 Å². The number of aliphatic hydroxyl groups is 1. The first-order chi connectivity index (χ1) is 7.50. The van der Waals surface area contributed by atoms with Gasteiger partial charge in [-0.3, -0.25) is 9.69 Å². The normalized spacial score (nSPS) is 12.7. The SMILES string of the molecule is CN(CC(N)=O)CC(O)c1ccccc1N. The number of likely N-dealkylation sites (N-methyl/N-ethyl adjacent to an activating group) is 1. The summed E-state index contributed by atoms with van der Waals surface area (Å²) in [6.45, 7) is 0.431. The molecule has 1 unspecified atom stereocenters. The number of amides is 1. The van der Waals surface area contributed by atoms with E-state index in [-0.39, 0.29) is 6.54 Å². The van der Waals surface area contributed by atoms with Crippen LogP contribution in [0.1, 0.15) is 11.7 Å². The van der Waals surface area contributed by atoms with Crippen molar-refractivity contribution in [2.45, 2.75) is 6.10 Å². The molecule has 0 spiro atoms. The van der Waals surface area contributed by atoms with Crippen molar-refractivity contribution in [3.8, 4) is 0 Å². The number of carbonyl (C=O) groups excluding carboxylic acids is 1. The van der Waals surface area contributed by atoms with E-state index < -0.39 is 12.0 Å². The highest BCUT2D eigenvalue weighted by Gasteiger charge is 2.13. The Hall–Kier alpha value is -1.59. The minimum absolute atomic E-state index is 0.115. The number of aliphatic hydroxyl groups excluding tert-OH is 1. The molecule has 5 nitrogen and oxygen atoms in total. The maximum Gasteiger partial charge on any atom is 0.231 e. The Morgan fingerprint density at radius 3 is 2.69 bits per heavy atom. The van der Waals surface area contributed by atoms with Crippen LogP contribution in [0.15, 0.2) is 24.3 Å². The number of hydrogen-bond donors (Lipinski definition) is 3. The van der Waals surface area contributed by atoms with Crippen molar-refractivity contribution in [3.63, 3.8) is 0 Å². The van der Waals surface area contributed by atoms with Gasteiger partial charge in [-0.05, 0) is 13.1 Å². The molecule has 0 aliphatic heterocycles. The van der Waals surface area contributed by atoms with Crippen LogP contribution in [0.25, 0.3) is 0 Å². The molecule has 5 heteroatoms. The van der Waals surface area contributed by atoms with E-state index in [1.54, 1.807) is 30.1 Å². The molecular formula is C11H17N3O2. The van der Waals surface area contributed by atoms with E-state index >= 15 is 0 Å². The molecule has 0 saturated carbocycles. The van der Waals surface area contributed by atoms with Gasteiger partial charge in [0.1, 0.15) is 0 Å². The zero-order valence-electron chi connectivity index (χ0n) is 9.26. The van der Waals surface area contributed by atoms with Gasteiger partial charge >= 0.3 is 0 Å². The van der Waals surface area contributed by atoms with E-state index in [1.165, 1.54) is 0 Å². The fourth-order valence-corrected chi connectivity index (χ4v) is 1.54. The Balaban J connectivity index is 2.62. The average molecular weight is 223 g/mol. The summed E-state index contributed by atoms with van der Waals surface area (Å²) in [4.78, 5) is 12.3. The molecule has 88 valence electrons. The van der Waals surface area contributed by atoms with Gasteiger partial charge in [0, 0.05) is 17.8 Å². The quantitative estimate of drug-likeness (QED) is 0.598. The van der Waals surface area contributed by atoms with Gasteiger partial charge in [-0.25, -0.2) is 0 Å². The van der Waals surface area contributed by atoms with Crippen LogP contribution in [0.2, 0.25) is 0 Å². The number of benzene rings is 1. The molecule has 0 radical (unpaired) electrons. The summed E-state index contributed by atoms with van der Waals surface area (Å²) in [5, 5.41) is 9.91. The number of carbonyl (C=O) groups is 1. The number of nitrogen functional groups attached to an aromatic ring is 1. The smallest absolute Gasteiger partial charge is 0.231 e. The molecule has 5 N–H and O–H groups in total. The van der Waals surface area contributed by atoms with Crippen molar-refractivity contribution < 1.29 is 9.90 Å². The van der Waals surface area contributed by atoms with Gasteiger partial charge in [0.25, 0.3) is 0 Å². The largest absolute Gasteiger partial charge is 0.398 e. The van der Waals surface area contributed by atoms with E-state index in [9.17, 15) is 9.90 Å². The van der Waals surface area contributed by atoms with Crippen molar-refractivity contribution >= 4 is 11.6 Å². The second-order valence-corrected chi connectivity index (χ2v) is 3.81. The monoisotopic (exact) mass is 223 g/mol. The minimum atomic E-state index is -0.717. The van der Waals surface area contributed by atoms with Crippen molar-refractivity contribution in [1.82, 2.24) is 4.90 Å². The molecular weight excluding hydrogens is 206 g/mol. The number of nitrogens with zero attached hydrogens (tertiary/aromatic N) is 1. The zero-order valence-corrected chi connectivity index (χ0v) is 9.26. The second-order valence-electron chi connectivity index (χ2n) is 3.81. The number of rotatable bonds is 5. The topological polar surface area (TPSA) is 92.6 Å². The summed E-state index contributed by atoms with van der Waals surface area (Å²) in [5.74, 6) is -0.421. The molecule has 0 aromatic heterocycles. The van der Waals surface area contributed by atoms with Crippen molar-refractivity contribution in [1.29, 1.82) is 0 Å². The predicted octanol–water partition coefficient (Wildman–Crippen LogP) is -0.281. The molecule has 1 atom stereocenters. The first kappa shape index (κ1) is 12.5. The molecule has 1 aromatic rings. The summed E-state index contributed by atoms with van der Waals surface area (Å²) < 4.78 is 0. The lowest BCUT2D eigenvalue weighted by molar-refractivity contribution is -0.119. The van der Waals surface area contributed by atoms with Crippen LogP contribution >= 0.6 is 0 Å². The van der Waals surface area contributed by atoms with Crippen LogP contribution in [0.3, 0.4) is 0 Å². The highest BCUT2D eigenvalue weighted by atomic mass is 16.3. The number of para-hydroxylation sites is 1. The first-order valence-electron chi connectivity index (χ1n) is 5.00. The van der Waals surface area contributed by atoms with E-state index in [0.29, 0.717) is 17.8 Å². The zero-order chi connectivity index (χ0) is 12.1. The van der Waals surface area contributed by atoms with Crippen LogP contribution in [0, 0.1) is 0 Å². The first-order valence-corrected chi connectivity index (χ1v) is 5.00. The van der Waals surface area contributed by atoms with E-state index in [1.807, 2.05) is 6.07 Å². The average Bonchev–Trinajstić information content (AvgIpc) is 2.16. The van der Waals surface area contributed by atoms with Gasteiger partial charge in [0.15, 0.2) is 0 Å². The number of hydrogen-bond acceptors (Lipinski definition) is 4. The van der Waals surface area contributed by atoms with Crippen molar-refractivity contribution in [2.75, 3.05) is 25.9 Å². The van der Waals surface area contributed by atoms with Crippen molar-refractivity contribution in [2.24, 2.45) is 5.73 Å². The van der Waals surface area contributed by atoms with Gasteiger partial charge in [-0.2, -0.15) is 0 Å². The van der Waals surface area contributed by atoms with Crippen LogP contribution in [-0.2, 0) is 4.79 Å². The second kappa shape index (κ2) is 5.48. The third-order valence-electron chi connectivity index (χ3n) is 2.27. The highest BCUT2D eigenvalue weighted by Crippen LogP contribution is 2.20. The van der Waals surface area contributed by atoms with Gasteiger partial charge in [0.2, 0.25) is 5.91 Å². The molecule has 1 aromatic carbocycles. The Morgan fingerprint density at radius 1 is 1.50 bits per heavy atom. The summed E-state index contributed by atoms with van der Waals surface area (Å²) in [7, 11) is 1.72. The molecule has 16 heavy (non-hydrogen) atoms. The van der Waals surface area contributed by atoms with E-state index in [2.05, 4.69) is 0 Å². The maximum absolute atomic E-state index is 10.7. The molecule has 1 amide bonds. The van der Waals surface area contributed by atoms with Crippen molar-refractivity contribution in [3.05, 3.63) is 29.8 Å². The predicted molar refractivity (Wildman–Crippen MR) is 62.5 cm³/mol. The van der Waals surface area contributed by atoms with Gasteiger partial charge in [-0.15, -0.1) is 0 Å². The lowest BCUT2D eigenvalue weighted by Gasteiger charge is -2.20. The lowest BCUT2D eigenvalue weighted by Crippen LogP contribution is -2.33. The summed E-state index contributed by atoms with van der Waals surface area (Å²) in [6.07, 6.45) is -0.717. The maximum atomic E-state index is 10.7. The van der Waals surface area contributed by atoms with E-state index in [0.717, 1.165) is 0 Å². The fourth-order valence-electron chi connectivity index (χ4n) is 1.54. The van der Waals surface area contributed by atoms with Crippen LogP contribution in [-0.4, -0.2) is 36.1 Å². The Morgan fingerprint density at radius 2 is 2.12 bits per heavy atom. The third-order valence-corrected chi connectivity index (χ3v) is 2.27.